The van der Waals surface area contributed by atoms with Crippen molar-refractivity contribution in [3.05, 3.63) is 36.2 Å². The minimum Gasteiger partial charge on any atom is -0.481 e. The van der Waals surface area contributed by atoms with Gasteiger partial charge in [0.25, 0.3) is 5.89 Å². The second-order valence-electron chi connectivity index (χ2n) is 5.39. The average molecular weight is 363 g/mol. The van der Waals surface area contributed by atoms with Crippen molar-refractivity contribution in [3.63, 3.8) is 0 Å². The number of aromatic nitrogens is 2. The third kappa shape index (κ3) is 4.37. The van der Waals surface area contributed by atoms with E-state index in [0.29, 0.717) is 24.9 Å². The molecule has 1 aliphatic heterocycles. The molecule has 3 rings (SSSR count). The number of amides is 1. The molecule has 1 aromatic heterocycles. The topological polar surface area (TPSA) is 106 Å². The summed E-state index contributed by atoms with van der Waals surface area (Å²) in [5.41, 5.74) is 0.823. The van der Waals surface area contributed by atoms with Gasteiger partial charge in [-0.2, -0.15) is 4.98 Å². The smallest absolute Gasteiger partial charge is 0.313 e. The molecule has 1 saturated heterocycles. The molecule has 2 aromatic rings. The van der Waals surface area contributed by atoms with Gasteiger partial charge in [-0.25, -0.2) is 0 Å². The Balaban J connectivity index is 1.72. The van der Waals surface area contributed by atoms with E-state index >= 15 is 0 Å². The van der Waals surface area contributed by atoms with E-state index < -0.39 is 12.0 Å². The molecule has 0 saturated carbocycles. The summed E-state index contributed by atoms with van der Waals surface area (Å²) >= 11 is 1.06. The largest absolute Gasteiger partial charge is 0.481 e. The molecule has 1 fully saturated rings. The lowest BCUT2D eigenvalue weighted by Gasteiger charge is -2.33. The minimum atomic E-state index is -0.944. The standard InChI is InChI=1S/C16H17N3O5S/c20-13(9-25-10-14(21)22)19-6-7-23-8-12(19)16-17-15(18-24-16)11-4-2-1-3-5-11/h1-5,12H,6-10H2,(H,21,22). The Kier molecular flexibility index (Phi) is 5.67. The van der Waals surface area contributed by atoms with Crippen molar-refractivity contribution in [2.75, 3.05) is 31.3 Å². The summed E-state index contributed by atoms with van der Waals surface area (Å²) in [7, 11) is 0. The summed E-state index contributed by atoms with van der Waals surface area (Å²) in [6.45, 7) is 1.09. The molecule has 0 radical (unpaired) electrons. The first-order valence-electron chi connectivity index (χ1n) is 7.71. The Hall–Kier alpha value is -2.39. The Morgan fingerprint density at radius 3 is 2.84 bits per heavy atom. The van der Waals surface area contributed by atoms with E-state index in [1.54, 1.807) is 4.90 Å². The summed E-state index contributed by atoms with van der Waals surface area (Å²) in [6, 6.07) is 8.94. The number of benzene rings is 1. The number of ether oxygens (including phenoxy) is 1. The number of hydrogen-bond acceptors (Lipinski definition) is 7. The number of carboxylic acids is 1. The van der Waals surface area contributed by atoms with Crippen LogP contribution in [0.2, 0.25) is 0 Å². The van der Waals surface area contributed by atoms with E-state index in [9.17, 15) is 9.59 Å². The van der Waals surface area contributed by atoms with Crippen LogP contribution in [0.1, 0.15) is 11.9 Å². The van der Waals surface area contributed by atoms with Crippen molar-refractivity contribution < 1.29 is 24.0 Å². The normalized spacial score (nSPS) is 17.4. The first-order chi connectivity index (χ1) is 12.1. The van der Waals surface area contributed by atoms with Crippen LogP contribution in [-0.2, 0) is 14.3 Å². The summed E-state index contributed by atoms with van der Waals surface area (Å²) < 4.78 is 10.8. The van der Waals surface area contributed by atoms with E-state index in [1.165, 1.54) is 0 Å². The average Bonchev–Trinajstić information content (AvgIpc) is 3.12. The van der Waals surface area contributed by atoms with Gasteiger partial charge in [0.05, 0.1) is 24.7 Å². The van der Waals surface area contributed by atoms with Crippen LogP contribution in [0.25, 0.3) is 11.4 Å². The number of carboxylic acid groups (broad SMARTS) is 1. The fourth-order valence-corrected chi connectivity index (χ4v) is 3.11. The molecule has 0 spiro atoms. The lowest BCUT2D eigenvalue weighted by molar-refractivity contribution is -0.138. The molecule has 132 valence electrons. The maximum absolute atomic E-state index is 12.4. The van der Waals surface area contributed by atoms with Gasteiger partial charge in [0, 0.05) is 12.1 Å². The van der Waals surface area contributed by atoms with Crippen molar-refractivity contribution in [3.8, 4) is 11.4 Å². The Morgan fingerprint density at radius 2 is 2.08 bits per heavy atom. The molecule has 9 heteroatoms. The van der Waals surface area contributed by atoms with E-state index in [-0.39, 0.29) is 24.0 Å². The van der Waals surface area contributed by atoms with Gasteiger partial charge in [-0.3, -0.25) is 9.59 Å². The van der Waals surface area contributed by atoms with Crippen LogP contribution in [-0.4, -0.2) is 63.3 Å². The summed E-state index contributed by atoms with van der Waals surface area (Å²) in [6.07, 6.45) is 0. The van der Waals surface area contributed by atoms with Crippen LogP contribution in [0.5, 0.6) is 0 Å². The third-order valence-electron chi connectivity index (χ3n) is 3.66. The molecule has 1 N–H and O–H groups in total. The number of aliphatic carboxylic acids is 1. The van der Waals surface area contributed by atoms with E-state index in [1.807, 2.05) is 30.3 Å². The second-order valence-corrected chi connectivity index (χ2v) is 6.37. The minimum absolute atomic E-state index is 0.0858. The van der Waals surface area contributed by atoms with Crippen molar-refractivity contribution in [2.24, 2.45) is 0 Å². The van der Waals surface area contributed by atoms with Gasteiger partial charge < -0.3 is 19.3 Å². The van der Waals surface area contributed by atoms with Crippen LogP contribution in [0, 0.1) is 0 Å². The van der Waals surface area contributed by atoms with E-state index in [2.05, 4.69) is 10.1 Å². The van der Waals surface area contributed by atoms with Crippen molar-refractivity contribution in [1.82, 2.24) is 15.0 Å². The van der Waals surface area contributed by atoms with Crippen LogP contribution >= 0.6 is 11.8 Å². The van der Waals surface area contributed by atoms with Crippen molar-refractivity contribution in [1.29, 1.82) is 0 Å². The number of carbonyl (C=O) groups excluding carboxylic acids is 1. The maximum atomic E-state index is 12.4. The monoisotopic (exact) mass is 363 g/mol. The van der Waals surface area contributed by atoms with Gasteiger partial charge in [-0.05, 0) is 0 Å². The van der Waals surface area contributed by atoms with E-state index in [4.69, 9.17) is 14.4 Å². The predicted molar refractivity (Wildman–Crippen MR) is 90.0 cm³/mol. The zero-order valence-corrected chi connectivity index (χ0v) is 14.1. The van der Waals surface area contributed by atoms with Gasteiger partial charge in [0.15, 0.2) is 0 Å². The molecule has 0 aliphatic carbocycles. The highest BCUT2D eigenvalue weighted by atomic mass is 32.2. The molecule has 1 aromatic carbocycles. The SMILES string of the molecule is O=C(O)CSCC(=O)N1CCOCC1c1nc(-c2ccccc2)no1. The molecule has 1 amide bonds. The number of morpholine rings is 1. The van der Waals surface area contributed by atoms with Crippen LogP contribution in [0.3, 0.4) is 0 Å². The van der Waals surface area contributed by atoms with Crippen molar-refractivity contribution >= 4 is 23.6 Å². The second kappa shape index (κ2) is 8.13. The van der Waals surface area contributed by atoms with Gasteiger partial charge in [0.2, 0.25) is 11.7 Å². The number of thioether (sulfide) groups is 1. The Bertz CT molecular complexity index is 736. The van der Waals surface area contributed by atoms with Crippen molar-refractivity contribution in [2.45, 2.75) is 6.04 Å². The number of hydrogen-bond donors (Lipinski definition) is 1. The predicted octanol–water partition coefficient (Wildman–Crippen LogP) is 1.45. The lowest BCUT2D eigenvalue weighted by Crippen LogP contribution is -2.44. The summed E-state index contributed by atoms with van der Waals surface area (Å²) in [5, 5.41) is 12.7. The van der Waals surface area contributed by atoms with Gasteiger partial charge in [-0.15, -0.1) is 11.8 Å². The molecule has 1 atom stereocenters. The highest BCUT2D eigenvalue weighted by molar-refractivity contribution is 8.00. The van der Waals surface area contributed by atoms with Crippen LogP contribution in [0.4, 0.5) is 0 Å². The quantitative estimate of drug-likeness (QED) is 0.822. The third-order valence-corrected chi connectivity index (χ3v) is 4.56. The Labute approximate surface area is 148 Å². The molecule has 1 unspecified atom stereocenters. The number of carbonyl (C=O) groups is 2. The highest BCUT2D eigenvalue weighted by Gasteiger charge is 2.32. The fourth-order valence-electron chi connectivity index (χ4n) is 2.49. The van der Waals surface area contributed by atoms with Gasteiger partial charge in [0.1, 0.15) is 6.04 Å². The Morgan fingerprint density at radius 1 is 1.28 bits per heavy atom. The number of nitrogens with zero attached hydrogens (tertiary/aromatic N) is 3. The van der Waals surface area contributed by atoms with Crippen LogP contribution in [0.15, 0.2) is 34.9 Å². The van der Waals surface area contributed by atoms with E-state index in [0.717, 1.165) is 17.3 Å². The zero-order chi connectivity index (χ0) is 17.6. The first-order valence-corrected chi connectivity index (χ1v) is 8.86. The molecular weight excluding hydrogens is 346 g/mol. The lowest BCUT2D eigenvalue weighted by atomic mass is 10.2. The molecule has 2 heterocycles. The maximum Gasteiger partial charge on any atom is 0.313 e. The number of rotatable bonds is 6. The summed E-state index contributed by atoms with van der Waals surface area (Å²) in [5.74, 6) is -0.370. The highest BCUT2D eigenvalue weighted by Crippen LogP contribution is 2.26. The molecule has 8 nitrogen and oxygen atoms in total. The molecule has 25 heavy (non-hydrogen) atoms. The van der Waals surface area contributed by atoms with Gasteiger partial charge in [-0.1, -0.05) is 35.5 Å². The molecule has 0 bridgehead atoms. The zero-order valence-electron chi connectivity index (χ0n) is 13.3. The van der Waals surface area contributed by atoms with Gasteiger partial charge >= 0.3 is 5.97 Å². The molecule has 1 aliphatic rings. The molecular formula is C16H17N3O5S. The fraction of sp³-hybridized carbons (Fsp3) is 0.375. The summed E-state index contributed by atoms with van der Waals surface area (Å²) in [4.78, 5) is 29.0. The first kappa shape index (κ1) is 17.4. The van der Waals surface area contributed by atoms with Crippen LogP contribution < -0.4 is 0 Å².